The van der Waals surface area contributed by atoms with Gasteiger partial charge in [-0.05, 0) is 30.7 Å². The number of aromatic nitrogens is 2. The molecule has 0 unspecified atom stereocenters. The highest BCUT2D eigenvalue weighted by Crippen LogP contribution is 2.29. The standard InChI is InChI=1S/C23H18ClN3O/c1-16-21(22(24)27(26-16)18-12-6-3-7-13-18)23(28)25-20-15-9-8-14-19(20)17-10-4-2-5-11-17/h2-15H,1H3,(H,25,28). The third-order valence-electron chi connectivity index (χ3n) is 4.49. The van der Waals surface area contributed by atoms with E-state index in [9.17, 15) is 4.79 Å². The lowest BCUT2D eigenvalue weighted by molar-refractivity contribution is 0.102. The molecule has 1 aromatic heterocycles. The largest absolute Gasteiger partial charge is 0.321 e. The van der Waals surface area contributed by atoms with Gasteiger partial charge in [-0.1, -0.05) is 78.3 Å². The number of hydrogen-bond acceptors (Lipinski definition) is 2. The van der Waals surface area contributed by atoms with Crippen LogP contribution in [0.3, 0.4) is 0 Å². The van der Waals surface area contributed by atoms with Gasteiger partial charge >= 0.3 is 0 Å². The lowest BCUT2D eigenvalue weighted by Gasteiger charge is -2.11. The van der Waals surface area contributed by atoms with Gasteiger partial charge in [0.05, 0.1) is 11.4 Å². The first-order valence-electron chi connectivity index (χ1n) is 8.91. The Kier molecular flexibility index (Phi) is 4.96. The average Bonchev–Trinajstić information content (AvgIpc) is 3.04. The Labute approximate surface area is 168 Å². The summed E-state index contributed by atoms with van der Waals surface area (Å²) in [5.41, 5.74) is 4.44. The number of amides is 1. The third-order valence-corrected chi connectivity index (χ3v) is 4.84. The van der Waals surface area contributed by atoms with Gasteiger partial charge in [-0.2, -0.15) is 5.10 Å². The summed E-state index contributed by atoms with van der Waals surface area (Å²) in [6.45, 7) is 1.78. The van der Waals surface area contributed by atoms with E-state index in [1.165, 1.54) is 0 Å². The zero-order valence-corrected chi connectivity index (χ0v) is 16.0. The number of nitrogens with one attached hydrogen (secondary N) is 1. The number of nitrogens with zero attached hydrogens (tertiary/aromatic N) is 2. The van der Waals surface area contributed by atoms with E-state index in [-0.39, 0.29) is 5.91 Å². The van der Waals surface area contributed by atoms with Crippen LogP contribution >= 0.6 is 11.6 Å². The molecule has 5 heteroatoms. The Morgan fingerprint density at radius 3 is 2.21 bits per heavy atom. The maximum Gasteiger partial charge on any atom is 0.260 e. The van der Waals surface area contributed by atoms with Crippen molar-refractivity contribution in [1.82, 2.24) is 9.78 Å². The van der Waals surface area contributed by atoms with Crippen molar-refractivity contribution in [3.63, 3.8) is 0 Å². The van der Waals surface area contributed by atoms with Crippen LogP contribution < -0.4 is 5.32 Å². The van der Waals surface area contributed by atoms with Crippen LogP contribution in [-0.4, -0.2) is 15.7 Å². The maximum atomic E-state index is 13.0. The Balaban J connectivity index is 1.69. The average molecular weight is 388 g/mol. The molecule has 0 atom stereocenters. The zero-order chi connectivity index (χ0) is 19.5. The minimum atomic E-state index is -0.284. The normalized spacial score (nSPS) is 10.6. The predicted octanol–water partition coefficient (Wildman–Crippen LogP) is 5.75. The molecule has 0 bridgehead atoms. The number of para-hydroxylation sites is 2. The van der Waals surface area contributed by atoms with Gasteiger partial charge in [-0.25, -0.2) is 4.68 Å². The molecule has 138 valence electrons. The molecule has 28 heavy (non-hydrogen) atoms. The molecule has 4 aromatic rings. The van der Waals surface area contributed by atoms with Gasteiger partial charge in [-0.15, -0.1) is 0 Å². The molecule has 0 saturated carbocycles. The second-order valence-corrected chi connectivity index (χ2v) is 6.72. The molecule has 1 N–H and O–H groups in total. The van der Waals surface area contributed by atoms with E-state index in [4.69, 9.17) is 11.6 Å². The topological polar surface area (TPSA) is 46.9 Å². The summed E-state index contributed by atoms with van der Waals surface area (Å²) in [6, 6.07) is 27.1. The number of halogens is 1. The Bertz CT molecular complexity index is 1120. The quantitative estimate of drug-likeness (QED) is 0.484. The number of hydrogen-bond donors (Lipinski definition) is 1. The minimum absolute atomic E-state index is 0.284. The fourth-order valence-corrected chi connectivity index (χ4v) is 3.50. The van der Waals surface area contributed by atoms with Crippen LogP contribution in [0.2, 0.25) is 5.15 Å². The number of benzene rings is 3. The molecule has 4 rings (SSSR count). The molecule has 0 saturated heterocycles. The highest BCUT2D eigenvalue weighted by atomic mass is 35.5. The number of rotatable bonds is 4. The molecule has 1 heterocycles. The zero-order valence-electron chi connectivity index (χ0n) is 15.3. The monoisotopic (exact) mass is 387 g/mol. The highest BCUT2D eigenvalue weighted by molar-refractivity contribution is 6.34. The molecule has 0 aliphatic rings. The molecule has 0 spiro atoms. The van der Waals surface area contributed by atoms with Gasteiger partial charge in [0, 0.05) is 11.3 Å². The van der Waals surface area contributed by atoms with Crippen LogP contribution in [0, 0.1) is 6.92 Å². The summed E-state index contributed by atoms with van der Waals surface area (Å²) < 4.78 is 1.58. The van der Waals surface area contributed by atoms with E-state index < -0.39 is 0 Å². The van der Waals surface area contributed by atoms with Crippen molar-refractivity contribution < 1.29 is 4.79 Å². The van der Waals surface area contributed by atoms with Gasteiger partial charge in [0.25, 0.3) is 5.91 Å². The summed E-state index contributed by atoms with van der Waals surface area (Å²) in [7, 11) is 0. The molecule has 0 radical (unpaired) electrons. The summed E-state index contributed by atoms with van der Waals surface area (Å²) in [6.07, 6.45) is 0. The van der Waals surface area contributed by atoms with Crippen molar-refractivity contribution in [2.75, 3.05) is 5.32 Å². The summed E-state index contributed by atoms with van der Waals surface area (Å²) in [4.78, 5) is 13.0. The van der Waals surface area contributed by atoms with Crippen molar-refractivity contribution in [1.29, 1.82) is 0 Å². The van der Waals surface area contributed by atoms with E-state index in [0.29, 0.717) is 16.4 Å². The highest BCUT2D eigenvalue weighted by Gasteiger charge is 2.22. The molecule has 3 aromatic carbocycles. The van der Waals surface area contributed by atoms with Gasteiger partial charge in [0.2, 0.25) is 0 Å². The van der Waals surface area contributed by atoms with Gasteiger partial charge in [0.1, 0.15) is 10.7 Å². The Hall–Kier alpha value is -3.37. The summed E-state index contributed by atoms with van der Waals surface area (Å²) in [5, 5.41) is 7.73. The molecule has 0 aliphatic heterocycles. The number of carbonyl (C=O) groups excluding carboxylic acids is 1. The van der Waals surface area contributed by atoms with Gasteiger partial charge in [-0.3, -0.25) is 4.79 Å². The molecule has 0 aliphatic carbocycles. The molecule has 4 nitrogen and oxygen atoms in total. The Morgan fingerprint density at radius 1 is 0.893 bits per heavy atom. The van der Waals surface area contributed by atoms with Crippen molar-refractivity contribution in [2.45, 2.75) is 6.92 Å². The predicted molar refractivity (Wildman–Crippen MR) is 113 cm³/mol. The first-order chi connectivity index (χ1) is 13.6. The number of anilines is 1. The SMILES string of the molecule is Cc1nn(-c2ccccc2)c(Cl)c1C(=O)Nc1ccccc1-c1ccccc1. The lowest BCUT2D eigenvalue weighted by atomic mass is 10.0. The van der Waals surface area contributed by atoms with E-state index in [1.54, 1.807) is 11.6 Å². The molecule has 1 amide bonds. The third kappa shape index (κ3) is 3.42. The van der Waals surface area contributed by atoms with Gasteiger partial charge in [0.15, 0.2) is 0 Å². The van der Waals surface area contributed by atoms with Crippen LogP contribution in [0.15, 0.2) is 84.9 Å². The van der Waals surface area contributed by atoms with Crippen molar-refractivity contribution in [3.05, 3.63) is 101 Å². The van der Waals surface area contributed by atoms with Crippen LogP contribution in [-0.2, 0) is 0 Å². The minimum Gasteiger partial charge on any atom is -0.321 e. The van der Waals surface area contributed by atoms with Gasteiger partial charge < -0.3 is 5.32 Å². The molecular weight excluding hydrogens is 370 g/mol. The summed E-state index contributed by atoms with van der Waals surface area (Å²) >= 11 is 6.52. The fourth-order valence-electron chi connectivity index (χ4n) is 3.14. The van der Waals surface area contributed by atoms with Crippen LogP contribution in [0.5, 0.6) is 0 Å². The molecule has 0 fully saturated rings. The molecular formula is C23H18ClN3O. The van der Waals surface area contributed by atoms with Crippen LogP contribution in [0.25, 0.3) is 16.8 Å². The van der Waals surface area contributed by atoms with Crippen molar-refractivity contribution in [3.8, 4) is 16.8 Å². The second-order valence-electron chi connectivity index (χ2n) is 6.36. The van der Waals surface area contributed by atoms with Crippen LogP contribution in [0.1, 0.15) is 16.1 Å². The lowest BCUT2D eigenvalue weighted by Crippen LogP contribution is -2.13. The van der Waals surface area contributed by atoms with E-state index in [0.717, 1.165) is 22.5 Å². The maximum absolute atomic E-state index is 13.0. The van der Waals surface area contributed by atoms with Crippen molar-refractivity contribution in [2.24, 2.45) is 0 Å². The van der Waals surface area contributed by atoms with E-state index >= 15 is 0 Å². The fraction of sp³-hybridized carbons (Fsp3) is 0.0435. The first kappa shape index (κ1) is 18.0. The number of carbonyl (C=O) groups is 1. The summed E-state index contributed by atoms with van der Waals surface area (Å²) in [5.74, 6) is -0.284. The van der Waals surface area contributed by atoms with E-state index in [1.807, 2.05) is 84.9 Å². The van der Waals surface area contributed by atoms with E-state index in [2.05, 4.69) is 10.4 Å². The van der Waals surface area contributed by atoms with Crippen LogP contribution in [0.4, 0.5) is 5.69 Å². The smallest absolute Gasteiger partial charge is 0.260 e. The Morgan fingerprint density at radius 2 is 1.50 bits per heavy atom. The van der Waals surface area contributed by atoms with Crippen molar-refractivity contribution >= 4 is 23.2 Å². The number of aryl methyl sites for hydroxylation is 1. The second kappa shape index (κ2) is 7.71. The first-order valence-corrected chi connectivity index (χ1v) is 9.29.